The minimum Gasteiger partial charge on any atom is -0.357 e. The van der Waals surface area contributed by atoms with E-state index in [-0.39, 0.29) is 24.0 Å². The first-order chi connectivity index (χ1) is 12.3. The van der Waals surface area contributed by atoms with E-state index in [2.05, 4.69) is 57.0 Å². The molecule has 5 nitrogen and oxygen atoms in total. The molecule has 0 aliphatic rings. The number of aryl methyl sites for hydroxylation is 2. The Morgan fingerprint density at radius 3 is 2.81 bits per heavy atom. The summed E-state index contributed by atoms with van der Waals surface area (Å²) >= 11 is 1.76. The minimum absolute atomic E-state index is 0. The second kappa shape index (κ2) is 10.5. The lowest BCUT2D eigenvalue weighted by Crippen LogP contribution is -2.37. The second-order valence-electron chi connectivity index (χ2n) is 5.95. The molecule has 0 unspecified atom stereocenters. The highest BCUT2D eigenvalue weighted by Crippen LogP contribution is 2.16. The normalized spacial score (nSPS) is 11.4. The van der Waals surface area contributed by atoms with Crippen molar-refractivity contribution in [3.05, 3.63) is 52.0 Å². The quantitative estimate of drug-likeness (QED) is 0.204. The standard InChI is InChI=1S/C19H25N5S.HI/c1-3-20-19(22-13-17-14(2)10-12-25-17)21-11-6-9-18-23-15-7-4-5-8-16(15)24-18;/h4-5,7-8,10,12H,3,6,9,11,13H2,1-2H3,(H,23,24)(H2,20,21,22);1H. The number of H-pyrrole nitrogens is 1. The van der Waals surface area contributed by atoms with Gasteiger partial charge in [-0.1, -0.05) is 12.1 Å². The number of halogens is 1. The largest absolute Gasteiger partial charge is 0.357 e. The summed E-state index contributed by atoms with van der Waals surface area (Å²) in [5.41, 5.74) is 3.45. The number of hydrogen-bond acceptors (Lipinski definition) is 3. The molecule has 1 aromatic carbocycles. The smallest absolute Gasteiger partial charge is 0.191 e. The molecule has 26 heavy (non-hydrogen) atoms. The van der Waals surface area contributed by atoms with Gasteiger partial charge in [0.2, 0.25) is 0 Å². The highest BCUT2D eigenvalue weighted by atomic mass is 127. The summed E-state index contributed by atoms with van der Waals surface area (Å²) < 4.78 is 0. The van der Waals surface area contributed by atoms with Crippen molar-refractivity contribution in [2.75, 3.05) is 13.1 Å². The van der Waals surface area contributed by atoms with Crippen molar-refractivity contribution in [3.63, 3.8) is 0 Å². The Labute approximate surface area is 175 Å². The summed E-state index contributed by atoms with van der Waals surface area (Å²) in [6.45, 7) is 6.67. The van der Waals surface area contributed by atoms with E-state index in [0.717, 1.165) is 55.3 Å². The molecule has 0 radical (unpaired) electrons. The van der Waals surface area contributed by atoms with Gasteiger partial charge in [-0.05, 0) is 49.4 Å². The Kier molecular flexibility index (Phi) is 8.37. The lowest BCUT2D eigenvalue weighted by atomic mass is 10.3. The number of fused-ring (bicyclic) bond motifs is 1. The number of thiophene rings is 1. The monoisotopic (exact) mass is 483 g/mol. The van der Waals surface area contributed by atoms with Crippen molar-refractivity contribution < 1.29 is 0 Å². The lowest BCUT2D eigenvalue weighted by Gasteiger charge is -2.10. The highest BCUT2D eigenvalue weighted by Gasteiger charge is 2.03. The van der Waals surface area contributed by atoms with Crippen LogP contribution in [0.25, 0.3) is 11.0 Å². The molecule has 0 amide bonds. The molecule has 0 aliphatic heterocycles. The molecule has 3 rings (SSSR count). The van der Waals surface area contributed by atoms with Crippen LogP contribution >= 0.6 is 35.3 Å². The SMILES string of the molecule is CCNC(=NCc1sccc1C)NCCCc1nc2ccccc2[nH]1.I. The first-order valence-electron chi connectivity index (χ1n) is 8.75. The molecule has 2 aromatic heterocycles. The minimum atomic E-state index is 0. The fourth-order valence-electron chi connectivity index (χ4n) is 2.65. The molecule has 0 spiro atoms. The summed E-state index contributed by atoms with van der Waals surface area (Å²) in [4.78, 5) is 14.0. The molecule has 3 N–H and O–H groups in total. The number of imidazole rings is 1. The fourth-order valence-corrected chi connectivity index (χ4v) is 3.47. The number of nitrogens with one attached hydrogen (secondary N) is 3. The van der Waals surface area contributed by atoms with Gasteiger partial charge in [0, 0.05) is 24.4 Å². The average Bonchev–Trinajstić information content (AvgIpc) is 3.21. The van der Waals surface area contributed by atoms with E-state index in [1.54, 1.807) is 11.3 Å². The van der Waals surface area contributed by atoms with Crippen LogP contribution in [0.15, 0.2) is 40.7 Å². The number of aliphatic imine (C=N–C) groups is 1. The molecule has 0 saturated carbocycles. The van der Waals surface area contributed by atoms with Gasteiger partial charge in [-0.2, -0.15) is 0 Å². The maximum atomic E-state index is 4.68. The number of hydrogen-bond donors (Lipinski definition) is 3. The molecular weight excluding hydrogens is 457 g/mol. The van der Waals surface area contributed by atoms with Crippen LogP contribution in [0.5, 0.6) is 0 Å². The van der Waals surface area contributed by atoms with Gasteiger partial charge in [0.05, 0.1) is 17.6 Å². The first kappa shape index (κ1) is 20.7. The fraction of sp³-hybridized carbons (Fsp3) is 0.368. The third-order valence-corrected chi connectivity index (χ3v) is 5.02. The molecule has 0 aliphatic carbocycles. The van der Waals surface area contributed by atoms with Gasteiger partial charge in [0.15, 0.2) is 5.96 Å². The molecule has 0 atom stereocenters. The summed E-state index contributed by atoms with van der Waals surface area (Å²) in [6.07, 6.45) is 1.92. The van der Waals surface area contributed by atoms with Crippen LogP contribution in [0, 0.1) is 6.92 Å². The van der Waals surface area contributed by atoms with Crippen molar-refractivity contribution >= 4 is 52.3 Å². The summed E-state index contributed by atoms with van der Waals surface area (Å²) in [7, 11) is 0. The maximum absolute atomic E-state index is 4.68. The third-order valence-electron chi connectivity index (χ3n) is 4.01. The van der Waals surface area contributed by atoms with Crippen LogP contribution in [0.4, 0.5) is 0 Å². The van der Waals surface area contributed by atoms with E-state index >= 15 is 0 Å². The number of benzene rings is 1. The number of guanidine groups is 1. The predicted molar refractivity (Wildman–Crippen MR) is 122 cm³/mol. The second-order valence-corrected chi connectivity index (χ2v) is 6.95. The van der Waals surface area contributed by atoms with Crippen molar-refractivity contribution in [1.82, 2.24) is 20.6 Å². The number of rotatable bonds is 7. The van der Waals surface area contributed by atoms with Gasteiger partial charge in [0.25, 0.3) is 0 Å². The summed E-state index contributed by atoms with van der Waals surface area (Å²) in [5, 5.41) is 8.83. The van der Waals surface area contributed by atoms with E-state index in [1.807, 2.05) is 18.2 Å². The van der Waals surface area contributed by atoms with Crippen LogP contribution < -0.4 is 10.6 Å². The zero-order valence-corrected chi connectivity index (χ0v) is 18.4. The van der Waals surface area contributed by atoms with Crippen LogP contribution in [0.3, 0.4) is 0 Å². The molecule has 0 saturated heterocycles. The summed E-state index contributed by atoms with van der Waals surface area (Å²) in [6, 6.07) is 10.3. The van der Waals surface area contributed by atoms with Crippen molar-refractivity contribution in [3.8, 4) is 0 Å². The van der Waals surface area contributed by atoms with Crippen LogP contribution in [0.2, 0.25) is 0 Å². The van der Waals surface area contributed by atoms with E-state index < -0.39 is 0 Å². The molecule has 3 aromatic rings. The number of aromatic amines is 1. The van der Waals surface area contributed by atoms with Crippen molar-refractivity contribution in [1.29, 1.82) is 0 Å². The van der Waals surface area contributed by atoms with Crippen LogP contribution in [-0.4, -0.2) is 29.0 Å². The van der Waals surface area contributed by atoms with Crippen molar-refractivity contribution in [2.24, 2.45) is 4.99 Å². The van der Waals surface area contributed by atoms with Gasteiger partial charge in [-0.25, -0.2) is 9.98 Å². The van der Waals surface area contributed by atoms with Gasteiger partial charge in [0.1, 0.15) is 5.82 Å². The summed E-state index contributed by atoms with van der Waals surface area (Å²) in [5.74, 6) is 1.92. The Bertz CT molecular complexity index is 806. The molecular formula is C19H26IN5S. The molecule has 140 valence electrons. The lowest BCUT2D eigenvalue weighted by molar-refractivity contribution is 0.727. The average molecular weight is 483 g/mol. The number of nitrogens with zero attached hydrogens (tertiary/aromatic N) is 2. The van der Waals surface area contributed by atoms with Crippen LogP contribution in [0.1, 0.15) is 29.6 Å². The van der Waals surface area contributed by atoms with E-state index in [4.69, 9.17) is 0 Å². The molecule has 0 fully saturated rings. The van der Waals surface area contributed by atoms with Gasteiger partial charge in [-0.15, -0.1) is 35.3 Å². The first-order valence-corrected chi connectivity index (χ1v) is 9.63. The molecule has 7 heteroatoms. The molecule has 0 bridgehead atoms. The van der Waals surface area contributed by atoms with E-state index in [0.29, 0.717) is 0 Å². The zero-order chi connectivity index (χ0) is 17.5. The van der Waals surface area contributed by atoms with Gasteiger partial charge >= 0.3 is 0 Å². The maximum Gasteiger partial charge on any atom is 0.191 e. The Hall–Kier alpha value is -1.61. The Balaban J connectivity index is 0.00000243. The molecule has 2 heterocycles. The van der Waals surface area contributed by atoms with Crippen LogP contribution in [-0.2, 0) is 13.0 Å². The number of para-hydroxylation sites is 2. The van der Waals surface area contributed by atoms with Gasteiger partial charge in [-0.3, -0.25) is 0 Å². The van der Waals surface area contributed by atoms with Crippen molar-refractivity contribution in [2.45, 2.75) is 33.2 Å². The Morgan fingerprint density at radius 1 is 1.23 bits per heavy atom. The zero-order valence-electron chi connectivity index (χ0n) is 15.2. The van der Waals surface area contributed by atoms with E-state index in [9.17, 15) is 0 Å². The van der Waals surface area contributed by atoms with E-state index in [1.165, 1.54) is 10.4 Å². The van der Waals surface area contributed by atoms with Gasteiger partial charge < -0.3 is 15.6 Å². The predicted octanol–water partition coefficient (Wildman–Crippen LogP) is 4.24. The Morgan fingerprint density at radius 2 is 2.08 bits per heavy atom. The third kappa shape index (κ3) is 5.70. The number of aromatic nitrogens is 2. The topological polar surface area (TPSA) is 65.1 Å². The highest BCUT2D eigenvalue weighted by molar-refractivity contribution is 14.0.